The van der Waals surface area contributed by atoms with Crippen LogP contribution in [0.15, 0.2) is 11.6 Å². The quantitative estimate of drug-likeness (QED) is 0.169. The van der Waals surface area contributed by atoms with Crippen LogP contribution < -0.4 is 0 Å². The molecule has 1 spiro atoms. The molecule has 55 heavy (non-hydrogen) atoms. The Bertz CT molecular complexity index is 1450. The lowest BCUT2D eigenvalue weighted by Crippen LogP contribution is -2.65. The standard InChI is InChI=1S/C41H64O14/c1-18-9-12-41(50-16-18)19(2)30-27(55-41)15-26-24-8-7-22-13-23(43)14-29(40(22,6)25(24)10-11-39(26,30)5)53-38-36(34(47)32(45)28(52-38)17-49-21(4)42)54-37-35(48)33(46)31(44)20(3)51-37/h7,18-20,23-38,43-48H,8-17H2,1-6H3. The van der Waals surface area contributed by atoms with Gasteiger partial charge in [-0.2, -0.15) is 0 Å². The van der Waals surface area contributed by atoms with E-state index in [1.807, 2.05) is 0 Å². The highest BCUT2D eigenvalue weighted by atomic mass is 16.8. The first-order valence-corrected chi connectivity index (χ1v) is 20.8. The van der Waals surface area contributed by atoms with Crippen molar-refractivity contribution in [1.29, 1.82) is 0 Å². The maximum atomic E-state index is 11.8. The normalized spacial score (nSPS) is 56.2. The van der Waals surface area contributed by atoms with Crippen LogP contribution in [0.2, 0.25) is 0 Å². The molecule has 4 aliphatic carbocycles. The second-order valence-corrected chi connectivity index (χ2v) is 19.0. The van der Waals surface area contributed by atoms with Gasteiger partial charge in [0.1, 0.15) is 49.3 Å². The maximum Gasteiger partial charge on any atom is 0.302 e. The highest BCUT2D eigenvalue weighted by Crippen LogP contribution is 2.71. The van der Waals surface area contributed by atoms with Crippen LogP contribution >= 0.6 is 0 Å². The summed E-state index contributed by atoms with van der Waals surface area (Å²) in [6, 6.07) is 0. The molecule has 0 aromatic rings. The van der Waals surface area contributed by atoms with Gasteiger partial charge in [0.25, 0.3) is 0 Å². The Kier molecular flexibility index (Phi) is 10.9. The summed E-state index contributed by atoms with van der Waals surface area (Å²) in [5, 5.41) is 65.6. The number of carbonyl (C=O) groups is 1. The van der Waals surface area contributed by atoms with Gasteiger partial charge in [-0.25, -0.2) is 0 Å². The van der Waals surface area contributed by atoms with Crippen molar-refractivity contribution < 1.29 is 68.6 Å². The third kappa shape index (κ3) is 6.57. The lowest BCUT2D eigenvalue weighted by molar-refractivity contribution is -0.374. The summed E-state index contributed by atoms with van der Waals surface area (Å²) >= 11 is 0. The molecular formula is C41H64O14. The van der Waals surface area contributed by atoms with Crippen molar-refractivity contribution in [2.45, 2.75) is 178 Å². The zero-order valence-corrected chi connectivity index (χ0v) is 33.1. The summed E-state index contributed by atoms with van der Waals surface area (Å²) in [6.45, 7) is 12.4. The van der Waals surface area contributed by atoms with Crippen molar-refractivity contribution in [3.05, 3.63) is 11.6 Å². The zero-order chi connectivity index (χ0) is 39.4. The molecule has 22 atom stereocenters. The highest BCUT2D eigenvalue weighted by molar-refractivity contribution is 5.65. The SMILES string of the molecule is CC(=O)OCC1OC(OC2CC(O)CC3=CCC4C5CC6OC7(CCC(C)CO7)C(C)C6C5(C)CCC4C32C)C(OC2OC(C)C(O)C(O)C2O)C(O)C1O. The lowest BCUT2D eigenvalue weighted by Gasteiger charge is -2.60. The number of hydrogen-bond donors (Lipinski definition) is 6. The summed E-state index contributed by atoms with van der Waals surface area (Å²) in [5.74, 6) is 1.14. The lowest BCUT2D eigenvalue weighted by atomic mass is 9.46. The van der Waals surface area contributed by atoms with Crippen LogP contribution in [0.1, 0.15) is 92.9 Å². The zero-order valence-electron chi connectivity index (χ0n) is 33.1. The molecule has 7 fully saturated rings. The average molecular weight is 781 g/mol. The maximum absolute atomic E-state index is 11.8. The van der Waals surface area contributed by atoms with Gasteiger partial charge in [-0.15, -0.1) is 0 Å². The Hall–Kier alpha value is -1.27. The molecule has 4 aliphatic heterocycles. The topological polar surface area (TPSA) is 203 Å². The number of esters is 1. The summed E-state index contributed by atoms with van der Waals surface area (Å²) in [7, 11) is 0. The van der Waals surface area contributed by atoms with Crippen molar-refractivity contribution >= 4 is 5.97 Å². The predicted octanol–water partition coefficient (Wildman–Crippen LogP) is 1.93. The smallest absolute Gasteiger partial charge is 0.302 e. The van der Waals surface area contributed by atoms with Crippen molar-refractivity contribution in [2.75, 3.05) is 13.2 Å². The number of hydrogen-bond acceptors (Lipinski definition) is 14. The molecule has 8 aliphatic rings. The van der Waals surface area contributed by atoms with Gasteiger partial charge >= 0.3 is 5.97 Å². The van der Waals surface area contributed by atoms with E-state index >= 15 is 0 Å². The highest BCUT2D eigenvalue weighted by Gasteiger charge is 2.69. The van der Waals surface area contributed by atoms with E-state index in [2.05, 4.69) is 33.8 Å². The Labute approximate surface area is 323 Å². The minimum atomic E-state index is -1.69. The third-order valence-corrected chi connectivity index (χ3v) is 15.9. The van der Waals surface area contributed by atoms with Crippen molar-refractivity contribution in [2.24, 2.45) is 46.3 Å². The van der Waals surface area contributed by atoms with E-state index in [0.717, 1.165) is 50.7 Å². The minimum Gasteiger partial charge on any atom is -0.463 e. The van der Waals surface area contributed by atoms with Crippen LogP contribution in [0.3, 0.4) is 0 Å². The Morgan fingerprint density at radius 2 is 1.64 bits per heavy atom. The first kappa shape index (κ1) is 40.5. The molecule has 0 aromatic heterocycles. The number of fused-ring (bicyclic) bond motifs is 7. The van der Waals surface area contributed by atoms with Gasteiger partial charge in [0.2, 0.25) is 0 Å². The molecular weight excluding hydrogens is 716 g/mol. The van der Waals surface area contributed by atoms with E-state index < -0.39 is 90.8 Å². The molecule has 0 aromatic carbocycles. The van der Waals surface area contributed by atoms with Gasteiger partial charge in [0, 0.05) is 31.1 Å². The number of ether oxygens (including phenoxy) is 7. The van der Waals surface area contributed by atoms with E-state index in [4.69, 9.17) is 33.2 Å². The van der Waals surface area contributed by atoms with Crippen LogP contribution in [0.25, 0.3) is 0 Å². The Morgan fingerprint density at radius 3 is 2.35 bits per heavy atom. The van der Waals surface area contributed by atoms with Gasteiger partial charge in [-0.05, 0) is 80.5 Å². The van der Waals surface area contributed by atoms with Crippen LogP contribution in [0, 0.1) is 46.3 Å². The molecule has 4 heterocycles. The van der Waals surface area contributed by atoms with Crippen molar-refractivity contribution in [3.8, 4) is 0 Å². The largest absolute Gasteiger partial charge is 0.463 e. The molecule has 8 rings (SSSR count). The molecule has 14 heteroatoms. The molecule has 22 unspecified atom stereocenters. The van der Waals surface area contributed by atoms with Crippen molar-refractivity contribution in [3.63, 3.8) is 0 Å². The number of allylic oxidation sites excluding steroid dienone is 1. The number of aliphatic hydroxyl groups excluding tert-OH is 6. The second-order valence-electron chi connectivity index (χ2n) is 19.0. The fourth-order valence-electron chi connectivity index (χ4n) is 12.8. The van der Waals surface area contributed by atoms with E-state index in [1.54, 1.807) is 0 Å². The summed E-state index contributed by atoms with van der Waals surface area (Å²) < 4.78 is 43.7. The van der Waals surface area contributed by atoms with Gasteiger partial charge < -0.3 is 63.8 Å². The average Bonchev–Trinajstić information content (AvgIpc) is 3.59. The van der Waals surface area contributed by atoms with Crippen LogP contribution in [0.4, 0.5) is 0 Å². The van der Waals surface area contributed by atoms with E-state index in [9.17, 15) is 35.4 Å². The summed E-state index contributed by atoms with van der Waals surface area (Å²) in [5.41, 5.74) is 0.696. The van der Waals surface area contributed by atoms with Gasteiger partial charge in [-0.3, -0.25) is 4.79 Å². The molecule has 312 valence electrons. The van der Waals surface area contributed by atoms with E-state index in [0.29, 0.717) is 36.0 Å². The first-order chi connectivity index (χ1) is 26.0. The number of carbonyl (C=O) groups excluding carboxylic acids is 1. The van der Waals surface area contributed by atoms with Crippen LogP contribution in [0.5, 0.6) is 0 Å². The fraction of sp³-hybridized carbons (Fsp3) is 0.927. The molecule has 0 radical (unpaired) electrons. The predicted molar refractivity (Wildman–Crippen MR) is 192 cm³/mol. The molecule has 4 saturated heterocycles. The molecule has 3 saturated carbocycles. The van der Waals surface area contributed by atoms with Gasteiger partial charge in [0.15, 0.2) is 18.4 Å². The molecule has 6 N–H and O–H groups in total. The first-order valence-electron chi connectivity index (χ1n) is 20.8. The summed E-state index contributed by atoms with van der Waals surface area (Å²) in [4.78, 5) is 11.8. The van der Waals surface area contributed by atoms with Crippen LogP contribution in [-0.4, -0.2) is 135 Å². The minimum absolute atomic E-state index is 0.0825. The third-order valence-electron chi connectivity index (χ3n) is 15.9. The van der Waals surface area contributed by atoms with Gasteiger partial charge in [-0.1, -0.05) is 39.3 Å². The van der Waals surface area contributed by atoms with Gasteiger partial charge in [0.05, 0.1) is 31.0 Å². The monoisotopic (exact) mass is 780 g/mol. The Morgan fingerprint density at radius 1 is 0.873 bits per heavy atom. The fourth-order valence-corrected chi connectivity index (χ4v) is 12.8. The second kappa shape index (κ2) is 14.8. The van der Waals surface area contributed by atoms with E-state index in [-0.39, 0.29) is 30.5 Å². The van der Waals surface area contributed by atoms with Crippen molar-refractivity contribution in [1.82, 2.24) is 0 Å². The molecule has 14 nitrogen and oxygen atoms in total. The Balaban J connectivity index is 1.07. The summed E-state index contributed by atoms with van der Waals surface area (Å²) in [6.07, 6.45) is -6.41. The number of rotatable bonds is 6. The van der Waals surface area contributed by atoms with E-state index in [1.165, 1.54) is 13.8 Å². The van der Waals surface area contributed by atoms with Crippen LogP contribution in [-0.2, 0) is 38.0 Å². The molecule has 0 bridgehead atoms. The molecule has 0 amide bonds. The number of aliphatic hydroxyl groups is 6.